The van der Waals surface area contributed by atoms with Gasteiger partial charge < -0.3 is 9.47 Å². The van der Waals surface area contributed by atoms with Gasteiger partial charge >= 0.3 is 0 Å². The summed E-state index contributed by atoms with van der Waals surface area (Å²) in [6, 6.07) is 11.3. The summed E-state index contributed by atoms with van der Waals surface area (Å²) >= 11 is 14.1. The lowest BCUT2D eigenvalue weighted by Crippen LogP contribution is -2.03. The maximum Gasteiger partial charge on any atom is 0.132 e. The van der Waals surface area contributed by atoms with Gasteiger partial charge in [-0.1, -0.05) is 23.2 Å². The van der Waals surface area contributed by atoms with Gasteiger partial charge in [-0.05, 0) is 84.3 Å². The molecule has 2 nitrogen and oxygen atoms in total. The highest BCUT2D eigenvalue weighted by atomic mass is 127. The van der Waals surface area contributed by atoms with Crippen LogP contribution in [0, 0.1) is 10.5 Å². The Morgan fingerprint density at radius 1 is 0.864 bits per heavy atom. The molecular formula is C17H17Cl2IO2. The number of hydrogen-bond donors (Lipinski definition) is 0. The molecule has 0 heterocycles. The van der Waals surface area contributed by atoms with Crippen LogP contribution >= 0.6 is 45.8 Å². The lowest BCUT2D eigenvalue weighted by atomic mass is 10.2. The molecule has 22 heavy (non-hydrogen) atoms. The number of aryl methyl sites for hydroxylation is 1. The topological polar surface area (TPSA) is 18.5 Å². The number of rotatable bonds is 7. The zero-order valence-corrected chi connectivity index (χ0v) is 15.9. The van der Waals surface area contributed by atoms with Gasteiger partial charge in [0.15, 0.2) is 0 Å². The quantitative estimate of drug-likeness (QED) is 0.372. The Balaban J connectivity index is 1.67. The fourth-order valence-corrected chi connectivity index (χ4v) is 3.19. The van der Waals surface area contributed by atoms with Crippen LogP contribution in [0.3, 0.4) is 0 Å². The van der Waals surface area contributed by atoms with E-state index >= 15 is 0 Å². The number of halogens is 3. The molecule has 0 saturated carbocycles. The molecule has 0 N–H and O–H groups in total. The van der Waals surface area contributed by atoms with Crippen LogP contribution in [-0.2, 0) is 0 Å². The molecule has 2 aromatic rings. The van der Waals surface area contributed by atoms with Gasteiger partial charge in [-0.25, -0.2) is 0 Å². The molecule has 0 aliphatic rings. The van der Waals surface area contributed by atoms with Gasteiger partial charge in [0.05, 0.1) is 16.8 Å². The van der Waals surface area contributed by atoms with Crippen molar-refractivity contribution in [2.75, 3.05) is 13.2 Å². The predicted octanol–water partition coefficient (Wildman–Crippen LogP) is 6.14. The third-order valence-corrected chi connectivity index (χ3v) is 4.40. The highest BCUT2D eigenvalue weighted by Crippen LogP contribution is 2.25. The molecule has 0 atom stereocenters. The van der Waals surface area contributed by atoms with Gasteiger partial charge in [0.2, 0.25) is 0 Å². The number of unbranched alkanes of at least 4 members (excludes halogenated alkanes) is 1. The molecule has 0 aliphatic heterocycles. The van der Waals surface area contributed by atoms with Crippen molar-refractivity contribution in [2.45, 2.75) is 19.8 Å². The molecule has 0 saturated heterocycles. The number of benzene rings is 2. The second-order valence-corrected chi connectivity index (χ2v) is 6.92. The van der Waals surface area contributed by atoms with E-state index in [0.29, 0.717) is 13.2 Å². The second-order valence-electron chi connectivity index (χ2n) is 4.89. The van der Waals surface area contributed by atoms with Crippen LogP contribution in [-0.4, -0.2) is 13.2 Å². The average molecular weight is 451 g/mol. The summed E-state index contributed by atoms with van der Waals surface area (Å²) in [5, 5.41) is 1.46. The largest absolute Gasteiger partial charge is 0.493 e. The van der Waals surface area contributed by atoms with Crippen LogP contribution in [0.2, 0.25) is 10.0 Å². The molecule has 0 amide bonds. The summed E-state index contributed by atoms with van der Waals surface area (Å²) in [5.41, 5.74) is 1.06. The van der Waals surface area contributed by atoms with Crippen LogP contribution in [0.25, 0.3) is 0 Å². The van der Waals surface area contributed by atoms with Crippen LogP contribution in [0.5, 0.6) is 11.5 Å². The minimum Gasteiger partial charge on any atom is -0.493 e. The Morgan fingerprint density at radius 2 is 1.41 bits per heavy atom. The zero-order chi connectivity index (χ0) is 15.9. The molecule has 0 aliphatic carbocycles. The monoisotopic (exact) mass is 450 g/mol. The SMILES string of the molecule is Cc1cc(Cl)ccc1OCCCCOc1ccc(Cl)cc1I. The zero-order valence-electron chi connectivity index (χ0n) is 12.2. The molecule has 2 rings (SSSR count). The lowest BCUT2D eigenvalue weighted by Gasteiger charge is -2.10. The number of ether oxygens (including phenoxy) is 2. The minimum absolute atomic E-state index is 0.667. The Kier molecular flexibility index (Phi) is 7.12. The summed E-state index contributed by atoms with van der Waals surface area (Å²) in [5.74, 6) is 1.76. The third-order valence-electron chi connectivity index (χ3n) is 3.08. The maximum absolute atomic E-state index is 5.92. The van der Waals surface area contributed by atoms with E-state index in [0.717, 1.165) is 43.5 Å². The van der Waals surface area contributed by atoms with E-state index in [-0.39, 0.29) is 0 Å². The summed E-state index contributed by atoms with van der Waals surface area (Å²) in [6.45, 7) is 3.33. The first-order chi connectivity index (χ1) is 10.6. The van der Waals surface area contributed by atoms with Crippen LogP contribution in [0.4, 0.5) is 0 Å². The van der Waals surface area contributed by atoms with E-state index in [9.17, 15) is 0 Å². The smallest absolute Gasteiger partial charge is 0.132 e. The summed E-state index contributed by atoms with van der Waals surface area (Å²) < 4.78 is 12.5. The van der Waals surface area contributed by atoms with Crippen molar-refractivity contribution in [1.29, 1.82) is 0 Å². The van der Waals surface area contributed by atoms with Crippen molar-refractivity contribution < 1.29 is 9.47 Å². The molecule has 5 heteroatoms. The molecule has 0 aromatic heterocycles. The summed E-state index contributed by atoms with van der Waals surface area (Å²) in [4.78, 5) is 0. The normalized spacial score (nSPS) is 10.5. The van der Waals surface area contributed by atoms with E-state index in [1.807, 2.05) is 43.3 Å². The van der Waals surface area contributed by atoms with E-state index in [4.69, 9.17) is 32.7 Å². The minimum atomic E-state index is 0.667. The fourth-order valence-electron chi connectivity index (χ4n) is 1.94. The predicted molar refractivity (Wildman–Crippen MR) is 101 cm³/mol. The van der Waals surface area contributed by atoms with Crippen molar-refractivity contribution in [3.63, 3.8) is 0 Å². The summed E-state index contributed by atoms with van der Waals surface area (Å²) in [6.07, 6.45) is 1.87. The first kappa shape index (κ1) is 17.7. The summed E-state index contributed by atoms with van der Waals surface area (Å²) in [7, 11) is 0. The molecule has 0 unspecified atom stereocenters. The molecule has 0 radical (unpaired) electrons. The van der Waals surface area contributed by atoms with Crippen molar-refractivity contribution in [2.24, 2.45) is 0 Å². The van der Waals surface area contributed by atoms with Gasteiger partial charge in [0.1, 0.15) is 11.5 Å². The van der Waals surface area contributed by atoms with Gasteiger partial charge in [-0.2, -0.15) is 0 Å². The van der Waals surface area contributed by atoms with E-state index in [1.165, 1.54) is 0 Å². The molecule has 0 spiro atoms. The Hall–Kier alpha value is -0.650. The van der Waals surface area contributed by atoms with Gasteiger partial charge in [0.25, 0.3) is 0 Å². The van der Waals surface area contributed by atoms with Gasteiger partial charge in [-0.15, -0.1) is 0 Å². The molecular weight excluding hydrogens is 434 g/mol. The van der Waals surface area contributed by atoms with E-state index in [2.05, 4.69) is 22.6 Å². The Morgan fingerprint density at radius 3 is 2.00 bits per heavy atom. The molecule has 118 valence electrons. The van der Waals surface area contributed by atoms with Crippen LogP contribution < -0.4 is 9.47 Å². The van der Waals surface area contributed by atoms with E-state index in [1.54, 1.807) is 0 Å². The molecule has 2 aromatic carbocycles. The van der Waals surface area contributed by atoms with Crippen molar-refractivity contribution in [3.05, 3.63) is 55.6 Å². The number of hydrogen-bond acceptors (Lipinski definition) is 2. The molecule has 0 fully saturated rings. The standard InChI is InChI=1S/C17H17Cl2IO2/c1-12-10-13(18)4-6-16(12)21-8-2-3-9-22-17-7-5-14(19)11-15(17)20/h4-7,10-11H,2-3,8-9H2,1H3. The first-order valence-electron chi connectivity index (χ1n) is 7.03. The highest BCUT2D eigenvalue weighted by Gasteiger charge is 2.02. The maximum atomic E-state index is 5.92. The van der Waals surface area contributed by atoms with Gasteiger partial charge in [-0.3, -0.25) is 0 Å². The van der Waals surface area contributed by atoms with Crippen LogP contribution in [0.15, 0.2) is 36.4 Å². The third kappa shape index (κ3) is 5.52. The lowest BCUT2D eigenvalue weighted by molar-refractivity contribution is 0.265. The van der Waals surface area contributed by atoms with Crippen LogP contribution in [0.1, 0.15) is 18.4 Å². The Labute approximate surface area is 154 Å². The second kappa shape index (κ2) is 8.85. The van der Waals surface area contributed by atoms with Crippen molar-refractivity contribution in [3.8, 4) is 11.5 Å². The highest BCUT2D eigenvalue weighted by molar-refractivity contribution is 14.1. The van der Waals surface area contributed by atoms with E-state index < -0.39 is 0 Å². The van der Waals surface area contributed by atoms with Crippen molar-refractivity contribution >= 4 is 45.8 Å². The van der Waals surface area contributed by atoms with Gasteiger partial charge in [0, 0.05) is 10.0 Å². The first-order valence-corrected chi connectivity index (χ1v) is 8.86. The average Bonchev–Trinajstić information content (AvgIpc) is 2.46. The van der Waals surface area contributed by atoms with Crippen molar-refractivity contribution in [1.82, 2.24) is 0 Å². The fraction of sp³-hybridized carbons (Fsp3) is 0.294. The molecule has 0 bridgehead atoms. The Bertz CT molecular complexity index is 577.